The third-order valence-electron chi connectivity index (χ3n) is 4.64. The molecule has 3 aromatic heterocycles. The smallest absolute Gasteiger partial charge is 0.220 e. The normalized spacial score (nSPS) is 18.1. The number of piperidine rings is 1. The lowest BCUT2D eigenvalue weighted by Crippen LogP contribution is -2.36. The zero-order valence-electron chi connectivity index (χ0n) is 15.2. The van der Waals surface area contributed by atoms with Crippen molar-refractivity contribution in [1.29, 1.82) is 0 Å². The van der Waals surface area contributed by atoms with Crippen LogP contribution in [0.25, 0.3) is 5.52 Å². The van der Waals surface area contributed by atoms with Gasteiger partial charge >= 0.3 is 0 Å². The Morgan fingerprint density at radius 1 is 1.35 bits per heavy atom. The Morgan fingerprint density at radius 3 is 2.92 bits per heavy atom. The van der Waals surface area contributed by atoms with Crippen molar-refractivity contribution < 1.29 is 4.79 Å². The molecule has 0 aromatic carbocycles. The molecule has 8 heteroatoms. The van der Waals surface area contributed by atoms with Crippen LogP contribution in [0.2, 0.25) is 0 Å². The summed E-state index contributed by atoms with van der Waals surface area (Å²) in [6.45, 7) is 7.04. The first-order chi connectivity index (χ1) is 12.4. The zero-order valence-corrected chi connectivity index (χ0v) is 15.2. The molecule has 1 saturated heterocycles. The number of carbonyl (C=O) groups excluding carboxylic acids is 1. The molecule has 1 atom stereocenters. The summed E-state index contributed by atoms with van der Waals surface area (Å²) in [6, 6.07) is 2.26. The number of nitrogens with one attached hydrogen (secondary N) is 2. The molecule has 136 valence electrons. The quantitative estimate of drug-likeness (QED) is 0.755. The lowest BCUT2D eigenvalue weighted by atomic mass is 9.92. The highest BCUT2D eigenvalue weighted by molar-refractivity contribution is 5.76. The van der Waals surface area contributed by atoms with Crippen LogP contribution in [0.1, 0.15) is 45.3 Å². The van der Waals surface area contributed by atoms with E-state index in [2.05, 4.69) is 52.7 Å². The molecule has 0 aliphatic carbocycles. The summed E-state index contributed by atoms with van der Waals surface area (Å²) in [6.07, 6.45) is 8.66. The molecule has 0 saturated carbocycles. The van der Waals surface area contributed by atoms with Crippen LogP contribution in [0.4, 0.5) is 11.5 Å². The molecule has 3 aromatic rings. The van der Waals surface area contributed by atoms with Gasteiger partial charge in [-0.2, -0.15) is 10.2 Å². The molecule has 0 bridgehead atoms. The summed E-state index contributed by atoms with van der Waals surface area (Å²) in [7, 11) is 0. The second-order valence-electron chi connectivity index (χ2n) is 7.72. The Kier molecular flexibility index (Phi) is 3.90. The van der Waals surface area contributed by atoms with E-state index in [1.807, 2.05) is 21.6 Å². The van der Waals surface area contributed by atoms with Crippen LogP contribution >= 0.6 is 0 Å². The lowest BCUT2D eigenvalue weighted by Gasteiger charge is -2.22. The Morgan fingerprint density at radius 2 is 2.19 bits per heavy atom. The number of hydrogen-bond donors (Lipinski definition) is 2. The summed E-state index contributed by atoms with van der Waals surface area (Å²) in [5.41, 5.74) is 2.78. The van der Waals surface area contributed by atoms with Gasteiger partial charge in [0.15, 0.2) is 5.82 Å². The maximum Gasteiger partial charge on any atom is 0.220 e. The first-order valence-corrected chi connectivity index (χ1v) is 8.83. The average Bonchev–Trinajstić information content (AvgIpc) is 3.22. The third kappa shape index (κ3) is 3.14. The topological polar surface area (TPSA) is 89.1 Å². The molecule has 0 radical (unpaired) electrons. The first-order valence-electron chi connectivity index (χ1n) is 8.83. The van der Waals surface area contributed by atoms with E-state index < -0.39 is 0 Å². The van der Waals surface area contributed by atoms with Crippen molar-refractivity contribution in [3.8, 4) is 0 Å². The summed E-state index contributed by atoms with van der Waals surface area (Å²) < 4.78 is 3.75. The van der Waals surface area contributed by atoms with Crippen molar-refractivity contribution in [2.75, 3.05) is 11.9 Å². The van der Waals surface area contributed by atoms with Crippen LogP contribution in [-0.4, -0.2) is 36.8 Å². The number of hydrogen-bond acceptors (Lipinski definition) is 5. The largest absolute Gasteiger partial charge is 0.354 e. The molecule has 2 N–H and O–H groups in total. The van der Waals surface area contributed by atoms with E-state index in [1.165, 1.54) is 0 Å². The van der Waals surface area contributed by atoms with Crippen LogP contribution in [0.3, 0.4) is 0 Å². The van der Waals surface area contributed by atoms with Crippen molar-refractivity contribution >= 4 is 22.9 Å². The molecule has 1 fully saturated rings. The van der Waals surface area contributed by atoms with Gasteiger partial charge in [0.2, 0.25) is 5.91 Å². The second-order valence-corrected chi connectivity index (χ2v) is 7.72. The highest BCUT2D eigenvalue weighted by Gasteiger charge is 2.21. The minimum absolute atomic E-state index is 0.0282. The number of amides is 1. The summed E-state index contributed by atoms with van der Waals surface area (Å²) in [5.74, 6) is 0.852. The Bertz CT molecular complexity index is 940. The number of fused-ring (bicyclic) bond motifs is 1. The number of aromatic nitrogens is 5. The molecule has 0 spiro atoms. The molecular formula is C18H23N7O. The van der Waals surface area contributed by atoms with Gasteiger partial charge in [0.25, 0.3) is 0 Å². The van der Waals surface area contributed by atoms with Gasteiger partial charge in [0, 0.05) is 37.0 Å². The Balaban J connectivity index is 1.58. The molecule has 4 rings (SSSR count). The predicted octanol–water partition coefficient (Wildman–Crippen LogP) is 2.42. The molecule has 1 amide bonds. The molecule has 1 aliphatic rings. The van der Waals surface area contributed by atoms with Crippen molar-refractivity contribution in [3.05, 3.63) is 36.5 Å². The van der Waals surface area contributed by atoms with Gasteiger partial charge in [0.1, 0.15) is 5.52 Å². The van der Waals surface area contributed by atoms with Gasteiger partial charge in [-0.1, -0.05) is 20.8 Å². The molecule has 1 unspecified atom stereocenters. The van der Waals surface area contributed by atoms with E-state index in [4.69, 9.17) is 0 Å². The van der Waals surface area contributed by atoms with Gasteiger partial charge < -0.3 is 10.6 Å². The van der Waals surface area contributed by atoms with Gasteiger partial charge in [-0.25, -0.2) is 9.50 Å². The van der Waals surface area contributed by atoms with Gasteiger partial charge in [-0.3, -0.25) is 9.48 Å². The Hall–Kier alpha value is -2.90. The fourth-order valence-electron chi connectivity index (χ4n) is 3.07. The fraction of sp³-hybridized carbons (Fsp3) is 0.444. The van der Waals surface area contributed by atoms with Crippen molar-refractivity contribution in [3.63, 3.8) is 0 Å². The van der Waals surface area contributed by atoms with Crippen molar-refractivity contribution in [1.82, 2.24) is 29.7 Å². The maximum atomic E-state index is 11.3. The summed E-state index contributed by atoms with van der Waals surface area (Å²) >= 11 is 0. The highest BCUT2D eigenvalue weighted by atomic mass is 16.1. The third-order valence-corrected chi connectivity index (χ3v) is 4.64. The first kappa shape index (κ1) is 16.6. The second kappa shape index (κ2) is 6.12. The summed E-state index contributed by atoms with van der Waals surface area (Å²) in [5, 5.41) is 15.3. The predicted molar refractivity (Wildman–Crippen MR) is 98.5 cm³/mol. The molecule has 4 heterocycles. The maximum absolute atomic E-state index is 11.3. The monoisotopic (exact) mass is 353 g/mol. The van der Waals surface area contributed by atoms with Crippen molar-refractivity contribution in [2.45, 2.75) is 45.1 Å². The molecule has 26 heavy (non-hydrogen) atoms. The van der Waals surface area contributed by atoms with E-state index in [0.717, 1.165) is 29.1 Å². The molecular weight excluding hydrogens is 330 g/mol. The summed E-state index contributed by atoms with van der Waals surface area (Å²) in [4.78, 5) is 15.8. The fourth-order valence-corrected chi connectivity index (χ4v) is 3.07. The zero-order chi connectivity index (χ0) is 18.3. The number of anilines is 2. The van der Waals surface area contributed by atoms with Crippen LogP contribution in [0.5, 0.6) is 0 Å². The molecule has 1 aliphatic heterocycles. The van der Waals surface area contributed by atoms with E-state index >= 15 is 0 Å². The van der Waals surface area contributed by atoms with E-state index in [0.29, 0.717) is 13.0 Å². The van der Waals surface area contributed by atoms with E-state index in [9.17, 15) is 4.79 Å². The van der Waals surface area contributed by atoms with Crippen LogP contribution in [-0.2, 0) is 10.2 Å². The molecule has 8 nitrogen and oxygen atoms in total. The van der Waals surface area contributed by atoms with E-state index in [1.54, 1.807) is 12.4 Å². The Labute approximate surface area is 151 Å². The standard InChI is InChI=1S/C18H23N7O/c1-18(2,3)15-8-14-17(19-6-7-24(14)23-15)22-12-9-21-25(11-12)13-4-5-16(26)20-10-13/h6-9,11,13H,4-5,10H2,1-3H3,(H,19,22)(H,20,26). The number of rotatable bonds is 3. The van der Waals surface area contributed by atoms with Crippen LogP contribution < -0.4 is 10.6 Å². The van der Waals surface area contributed by atoms with Crippen LogP contribution in [0, 0.1) is 0 Å². The SMILES string of the molecule is CC(C)(C)c1cc2c(Nc3cnn(C4CCC(=O)NC4)c3)nccn2n1. The minimum Gasteiger partial charge on any atom is -0.354 e. The average molecular weight is 353 g/mol. The van der Waals surface area contributed by atoms with Crippen LogP contribution in [0.15, 0.2) is 30.9 Å². The number of carbonyl (C=O) groups is 1. The highest BCUT2D eigenvalue weighted by Crippen LogP contribution is 2.26. The number of nitrogens with zero attached hydrogens (tertiary/aromatic N) is 5. The van der Waals surface area contributed by atoms with Gasteiger partial charge in [0.05, 0.1) is 23.6 Å². The minimum atomic E-state index is -0.0282. The van der Waals surface area contributed by atoms with E-state index in [-0.39, 0.29) is 17.4 Å². The van der Waals surface area contributed by atoms with Gasteiger partial charge in [-0.05, 0) is 12.5 Å². The van der Waals surface area contributed by atoms with Gasteiger partial charge in [-0.15, -0.1) is 0 Å². The lowest BCUT2D eigenvalue weighted by molar-refractivity contribution is -0.122. The van der Waals surface area contributed by atoms with Crippen molar-refractivity contribution in [2.24, 2.45) is 0 Å².